The highest BCUT2D eigenvalue weighted by Crippen LogP contribution is 2.33. The van der Waals surface area contributed by atoms with Crippen molar-refractivity contribution in [3.63, 3.8) is 0 Å². The molecule has 1 aromatic heterocycles. The Bertz CT molecular complexity index is 311. The van der Waals surface area contributed by atoms with Crippen LogP contribution in [0.5, 0.6) is 0 Å². The maximum Gasteiger partial charge on any atom is 0.180 e. The van der Waals surface area contributed by atoms with E-state index in [-0.39, 0.29) is 0 Å². The molecule has 0 radical (unpaired) electrons. The molecule has 0 aromatic carbocycles. The van der Waals surface area contributed by atoms with Crippen molar-refractivity contribution in [1.29, 1.82) is 0 Å². The molecular weight excluding hydrogens is 224 g/mol. The van der Waals surface area contributed by atoms with Crippen molar-refractivity contribution in [3.8, 4) is 0 Å². The van der Waals surface area contributed by atoms with Gasteiger partial charge in [-0.1, -0.05) is 19.8 Å². The Morgan fingerprint density at radius 1 is 1.60 bits per heavy atom. The summed E-state index contributed by atoms with van der Waals surface area (Å²) in [5, 5.41) is 3.62. The molecule has 2 unspecified atom stereocenters. The standard InChI is InChI=1S/C11H18N2S2/c1-8-3-2-4-10(5-8)14-6-9-7-15-11(12)13-9/h7-8,10H,2-6H2,1H3,(H2,12,13). The van der Waals surface area contributed by atoms with Gasteiger partial charge in [0.1, 0.15) is 0 Å². The molecule has 15 heavy (non-hydrogen) atoms. The summed E-state index contributed by atoms with van der Waals surface area (Å²) in [6.45, 7) is 2.37. The molecule has 1 aliphatic rings. The monoisotopic (exact) mass is 242 g/mol. The normalized spacial score (nSPS) is 26.7. The molecule has 1 heterocycles. The minimum absolute atomic E-state index is 0.697. The highest BCUT2D eigenvalue weighted by atomic mass is 32.2. The third-order valence-electron chi connectivity index (χ3n) is 2.92. The van der Waals surface area contributed by atoms with Gasteiger partial charge in [-0.05, 0) is 18.8 Å². The van der Waals surface area contributed by atoms with Gasteiger partial charge in [-0.15, -0.1) is 11.3 Å². The van der Waals surface area contributed by atoms with Crippen molar-refractivity contribution in [3.05, 3.63) is 11.1 Å². The molecule has 2 atom stereocenters. The lowest BCUT2D eigenvalue weighted by molar-refractivity contribution is 0.394. The summed E-state index contributed by atoms with van der Waals surface area (Å²) in [4.78, 5) is 4.29. The number of aromatic nitrogens is 1. The Labute approximate surface area is 99.7 Å². The number of nitrogens with two attached hydrogens (primary N) is 1. The molecule has 1 aromatic rings. The Morgan fingerprint density at radius 3 is 3.13 bits per heavy atom. The van der Waals surface area contributed by atoms with Crippen LogP contribution in [0.4, 0.5) is 5.13 Å². The van der Waals surface area contributed by atoms with Gasteiger partial charge in [0, 0.05) is 16.4 Å². The van der Waals surface area contributed by atoms with E-state index in [0.29, 0.717) is 5.13 Å². The molecule has 2 nitrogen and oxygen atoms in total. The largest absolute Gasteiger partial charge is 0.375 e. The van der Waals surface area contributed by atoms with Gasteiger partial charge in [0.15, 0.2) is 5.13 Å². The maximum absolute atomic E-state index is 5.61. The second kappa shape index (κ2) is 5.21. The van der Waals surface area contributed by atoms with E-state index in [4.69, 9.17) is 5.73 Å². The van der Waals surface area contributed by atoms with E-state index >= 15 is 0 Å². The van der Waals surface area contributed by atoms with Crippen LogP contribution in [0.25, 0.3) is 0 Å². The lowest BCUT2D eigenvalue weighted by Gasteiger charge is -2.25. The number of nitrogen functional groups attached to an aromatic ring is 1. The van der Waals surface area contributed by atoms with Crippen molar-refractivity contribution >= 4 is 28.2 Å². The Kier molecular flexibility index (Phi) is 3.92. The molecule has 4 heteroatoms. The van der Waals surface area contributed by atoms with Crippen LogP contribution in [-0.2, 0) is 5.75 Å². The number of rotatable bonds is 3. The molecule has 0 saturated heterocycles. The van der Waals surface area contributed by atoms with Gasteiger partial charge >= 0.3 is 0 Å². The van der Waals surface area contributed by atoms with Crippen molar-refractivity contribution < 1.29 is 0 Å². The summed E-state index contributed by atoms with van der Waals surface area (Å²) in [5.74, 6) is 1.95. The van der Waals surface area contributed by atoms with Gasteiger partial charge in [-0.25, -0.2) is 4.98 Å². The van der Waals surface area contributed by atoms with Gasteiger partial charge < -0.3 is 5.73 Å². The van der Waals surface area contributed by atoms with E-state index in [0.717, 1.165) is 22.6 Å². The lowest BCUT2D eigenvalue weighted by Crippen LogP contribution is -2.15. The quantitative estimate of drug-likeness (QED) is 0.881. The zero-order valence-corrected chi connectivity index (χ0v) is 10.7. The Balaban J connectivity index is 1.77. The zero-order valence-electron chi connectivity index (χ0n) is 9.11. The molecule has 2 N–H and O–H groups in total. The minimum atomic E-state index is 0.697. The van der Waals surface area contributed by atoms with E-state index in [9.17, 15) is 0 Å². The summed E-state index contributed by atoms with van der Waals surface area (Å²) < 4.78 is 0. The molecular formula is C11H18N2S2. The van der Waals surface area contributed by atoms with Crippen molar-refractivity contribution in [2.45, 2.75) is 43.6 Å². The van der Waals surface area contributed by atoms with Crippen LogP contribution in [0.2, 0.25) is 0 Å². The molecule has 1 saturated carbocycles. The first kappa shape index (κ1) is 11.3. The van der Waals surface area contributed by atoms with E-state index in [2.05, 4.69) is 29.0 Å². The average Bonchev–Trinajstić information content (AvgIpc) is 2.62. The first-order valence-corrected chi connectivity index (χ1v) is 7.48. The highest BCUT2D eigenvalue weighted by Gasteiger charge is 2.19. The SMILES string of the molecule is CC1CCCC(SCc2csc(N)n2)C1. The van der Waals surface area contributed by atoms with Crippen molar-refractivity contribution in [1.82, 2.24) is 4.98 Å². The molecule has 0 spiro atoms. The number of nitrogens with zero attached hydrogens (tertiary/aromatic N) is 1. The molecule has 84 valence electrons. The van der Waals surface area contributed by atoms with Crippen molar-refractivity contribution in [2.24, 2.45) is 5.92 Å². The van der Waals surface area contributed by atoms with Crippen LogP contribution in [0.3, 0.4) is 0 Å². The molecule has 1 aliphatic carbocycles. The van der Waals surface area contributed by atoms with Crippen molar-refractivity contribution in [2.75, 3.05) is 5.73 Å². The van der Waals surface area contributed by atoms with Gasteiger partial charge in [-0.3, -0.25) is 0 Å². The van der Waals surface area contributed by atoms with Crippen LogP contribution >= 0.6 is 23.1 Å². The van der Waals surface area contributed by atoms with E-state index in [1.165, 1.54) is 25.7 Å². The van der Waals surface area contributed by atoms with Gasteiger partial charge in [0.25, 0.3) is 0 Å². The topological polar surface area (TPSA) is 38.9 Å². The fraction of sp³-hybridized carbons (Fsp3) is 0.727. The first-order valence-electron chi connectivity index (χ1n) is 5.55. The molecule has 0 bridgehead atoms. The van der Waals surface area contributed by atoms with E-state index in [1.54, 1.807) is 11.3 Å². The van der Waals surface area contributed by atoms with Crippen LogP contribution in [0, 0.1) is 5.92 Å². The summed E-state index contributed by atoms with van der Waals surface area (Å²) >= 11 is 3.60. The predicted molar refractivity (Wildman–Crippen MR) is 69.2 cm³/mol. The number of hydrogen-bond donors (Lipinski definition) is 1. The molecule has 2 rings (SSSR count). The van der Waals surface area contributed by atoms with Crippen LogP contribution < -0.4 is 5.73 Å². The van der Waals surface area contributed by atoms with Crippen LogP contribution in [0.15, 0.2) is 5.38 Å². The number of anilines is 1. The Hall–Kier alpha value is -0.220. The Morgan fingerprint density at radius 2 is 2.47 bits per heavy atom. The zero-order chi connectivity index (χ0) is 10.7. The molecule has 0 aliphatic heterocycles. The number of hydrogen-bond acceptors (Lipinski definition) is 4. The first-order chi connectivity index (χ1) is 7.24. The third kappa shape index (κ3) is 3.38. The second-order valence-electron chi connectivity index (χ2n) is 4.38. The summed E-state index contributed by atoms with van der Waals surface area (Å²) in [7, 11) is 0. The fourth-order valence-electron chi connectivity index (χ4n) is 2.12. The average molecular weight is 242 g/mol. The fourth-order valence-corrected chi connectivity index (χ4v) is 4.14. The lowest BCUT2D eigenvalue weighted by atomic mass is 9.91. The number of thiazole rings is 1. The number of thioether (sulfide) groups is 1. The van der Waals surface area contributed by atoms with E-state index < -0.39 is 0 Å². The van der Waals surface area contributed by atoms with Gasteiger partial charge in [0.2, 0.25) is 0 Å². The summed E-state index contributed by atoms with van der Waals surface area (Å²) in [6, 6.07) is 0. The maximum atomic E-state index is 5.61. The third-order valence-corrected chi connectivity index (χ3v) is 5.01. The van der Waals surface area contributed by atoms with Crippen LogP contribution in [-0.4, -0.2) is 10.2 Å². The summed E-state index contributed by atoms with van der Waals surface area (Å²) in [5.41, 5.74) is 6.76. The van der Waals surface area contributed by atoms with E-state index in [1.807, 2.05) is 0 Å². The predicted octanol–water partition coefficient (Wildman–Crippen LogP) is 3.54. The smallest absolute Gasteiger partial charge is 0.180 e. The van der Waals surface area contributed by atoms with Gasteiger partial charge in [-0.2, -0.15) is 11.8 Å². The van der Waals surface area contributed by atoms with Gasteiger partial charge in [0.05, 0.1) is 5.69 Å². The highest BCUT2D eigenvalue weighted by molar-refractivity contribution is 7.99. The summed E-state index contributed by atoms with van der Waals surface area (Å²) in [6.07, 6.45) is 5.58. The molecule has 0 amide bonds. The second-order valence-corrected chi connectivity index (χ2v) is 6.56. The molecule has 1 fully saturated rings. The van der Waals surface area contributed by atoms with Crippen LogP contribution in [0.1, 0.15) is 38.3 Å². The minimum Gasteiger partial charge on any atom is -0.375 e.